The van der Waals surface area contributed by atoms with Crippen molar-refractivity contribution in [2.24, 2.45) is 5.10 Å². The van der Waals surface area contributed by atoms with Crippen LogP contribution in [0.1, 0.15) is 5.56 Å². The van der Waals surface area contributed by atoms with Gasteiger partial charge in [0.25, 0.3) is 0 Å². The zero-order valence-corrected chi connectivity index (χ0v) is 13.8. The Morgan fingerprint density at radius 2 is 1.70 bits per heavy atom. The summed E-state index contributed by atoms with van der Waals surface area (Å²) in [6.45, 7) is 0. The number of halogens is 1. The molecule has 0 radical (unpaired) electrons. The highest BCUT2D eigenvalue weighted by molar-refractivity contribution is 9.10. The lowest BCUT2D eigenvalue weighted by Gasteiger charge is -2.03. The number of methoxy groups -OCH3 is 1. The number of hydrogen-bond donors (Lipinski definition) is 2. The number of benzene rings is 2. The first-order chi connectivity index (χ1) is 11.1. The van der Waals surface area contributed by atoms with Gasteiger partial charge in [-0.1, -0.05) is 15.9 Å². The molecule has 0 atom stereocenters. The maximum absolute atomic E-state index is 11.7. The Kier molecular flexibility index (Phi) is 5.87. The molecule has 2 rings (SSSR count). The molecule has 23 heavy (non-hydrogen) atoms. The SMILES string of the molecule is COc1ccc(/C=N/NC(=O)C(=O)Nc2ccc(Br)cc2)cc1. The zero-order valence-electron chi connectivity index (χ0n) is 12.2. The molecule has 0 aliphatic carbocycles. The van der Waals surface area contributed by atoms with E-state index in [1.807, 2.05) is 0 Å². The van der Waals surface area contributed by atoms with Crippen molar-refractivity contribution < 1.29 is 14.3 Å². The summed E-state index contributed by atoms with van der Waals surface area (Å²) in [5, 5.41) is 6.21. The Bertz CT molecular complexity index is 712. The van der Waals surface area contributed by atoms with Crippen LogP contribution >= 0.6 is 15.9 Å². The highest BCUT2D eigenvalue weighted by Gasteiger charge is 2.12. The van der Waals surface area contributed by atoms with Crippen molar-refractivity contribution >= 4 is 39.6 Å². The number of carbonyl (C=O) groups excluding carboxylic acids is 2. The Morgan fingerprint density at radius 3 is 2.30 bits per heavy atom. The van der Waals surface area contributed by atoms with Gasteiger partial charge in [0.05, 0.1) is 13.3 Å². The summed E-state index contributed by atoms with van der Waals surface area (Å²) in [6, 6.07) is 14.0. The predicted molar refractivity (Wildman–Crippen MR) is 91.5 cm³/mol. The average Bonchev–Trinajstić information content (AvgIpc) is 2.57. The van der Waals surface area contributed by atoms with Crippen LogP contribution in [-0.2, 0) is 9.59 Å². The Balaban J connectivity index is 1.86. The molecule has 0 spiro atoms. The number of amides is 2. The Morgan fingerprint density at radius 1 is 1.04 bits per heavy atom. The maximum atomic E-state index is 11.7. The van der Waals surface area contributed by atoms with Crippen molar-refractivity contribution in [1.82, 2.24) is 5.43 Å². The summed E-state index contributed by atoms with van der Waals surface area (Å²) in [4.78, 5) is 23.3. The van der Waals surface area contributed by atoms with Gasteiger partial charge in [-0.05, 0) is 54.1 Å². The first-order valence-electron chi connectivity index (χ1n) is 6.62. The van der Waals surface area contributed by atoms with Crippen molar-refractivity contribution in [3.63, 3.8) is 0 Å². The molecule has 0 saturated heterocycles. The molecule has 0 unspecified atom stereocenters. The molecular formula is C16H14BrN3O3. The van der Waals surface area contributed by atoms with Crippen LogP contribution in [0.3, 0.4) is 0 Å². The van der Waals surface area contributed by atoms with Crippen LogP contribution in [0.5, 0.6) is 5.75 Å². The second-order valence-corrected chi connectivity index (χ2v) is 5.35. The van der Waals surface area contributed by atoms with Crippen molar-refractivity contribution in [2.75, 3.05) is 12.4 Å². The fourth-order valence-corrected chi connectivity index (χ4v) is 1.89. The van der Waals surface area contributed by atoms with Crippen molar-refractivity contribution in [3.8, 4) is 5.75 Å². The molecule has 2 N–H and O–H groups in total. The molecular weight excluding hydrogens is 362 g/mol. The molecule has 7 heteroatoms. The van der Waals surface area contributed by atoms with E-state index >= 15 is 0 Å². The number of carbonyl (C=O) groups is 2. The van der Waals surface area contributed by atoms with Gasteiger partial charge in [0.1, 0.15) is 5.75 Å². The van der Waals surface area contributed by atoms with Crippen molar-refractivity contribution in [3.05, 3.63) is 58.6 Å². The normalized spacial score (nSPS) is 10.3. The van der Waals surface area contributed by atoms with Gasteiger partial charge in [-0.3, -0.25) is 9.59 Å². The van der Waals surface area contributed by atoms with E-state index in [9.17, 15) is 9.59 Å². The Labute approximate surface area is 141 Å². The van der Waals surface area contributed by atoms with Crippen LogP contribution in [0.25, 0.3) is 0 Å². The highest BCUT2D eigenvalue weighted by Crippen LogP contribution is 2.13. The van der Waals surface area contributed by atoms with Crippen LogP contribution in [0.2, 0.25) is 0 Å². The predicted octanol–water partition coefficient (Wildman–Crippen LogP) is 2.55. The number of hydrazone groups is 1. The van der Waals surface area contributed by atoms with Crippen molar-refractivity contribution in [1.29, 1.82) is 0 Å². The van der Waals surface area contributed by atoms with E-state index in [4.69, 9.17) is 4.74 Å². The fourth-order valence-electron chi connectivity index (χ4n) is 1.63. The van der Waals surface area contributed by atoms with E-state index in [1.54, 1.807) is 55.6 Å². The quantitative estimate of drug-likeness (QED) is 0.489. The second kappa shape index (κ2) is 8.09. The lowest BCUT2D eigenvalue weighted by molar-refractivity contribution is -0.136. The number of hydrogen-bond acceptors (Lipinski definition) is 4. The van der Waals surface area contributed by atoms with Crippen LogP contribution in [-0.4, -0.2) is 25.1 Å². The van der Waals surface area contributed by atoms with Gasteiger partial charge in [-0.25, -0.2) is 5.43 Å². The van der Waals surface area contributed by atoms with Gasteiger partial charge >= 0.3 is 11.8 Å². The minimum Gasteiger partial charge on any atom is -0.497 e. The summed E-state index contributed by atoms with van der Waals surface area (Å²) in [6.07, 6.45) is 1.43. The molecule has 0 bridgehead atoms. The number of nitrogens with one attached hydrogen (secondary N) is 2. The zero-order chi connectivity index (χ0) is 16.7. The van der Waals surface area contributed by atoms with Crippen molar-refractivity contribution in [2.45, 2.75) is 0 Å². The monoisotopic (exact) mass is 375 g/mol. The van der Waals surface area contributed by atoms with E-state index in [-0.39, 0.29) is 0 Å². The minimum absolute atomic E-state index is 0.521. The third-order valence-electron chi connectivity index (χ3n) is 2.80. The minimum atomic E-state index is -0.849. The van der Waals surface area contributed by atoms with Crippen LogP contribution in [0.4, 0.5) is 5.69 Å². The Hall–Kier alpha value is -2.67. The molecule has 2 aromatic rings. The molecule has 0 aromatic heterocycles. The molecule has 6 nitrogen and oxygen atoms in total. The second-order valence-electron chi connectivity index (χ2n) is 4.43. The largest absolute Gasteiger partial charge is 0.497 e. The summed E-state index contributed by atoms with van der Waals surface area (Å²) < 4.78 is 5.92. The molecule has 0 fully saturated rings. The van der Waals surface area contributed by atoms with Gasteiger partial charge < -0.3 is 10.1 Å². The number of rotatable bonds is 4. The standard InChI is InChI=1S/C16H14BrN3O3/c1-23-14-8-2-11(3-9-14)10-18-20-16(22)15(21)19-13-6-4-12(17)5-7-13/h2-10H,1H3,(H,19,21)(H,20,22)/b18-10+. The van der Waals surface area contributed by atoms with E-state index in [2.05, 4.69) is 31.8 Å². The third kappa shape index (κ3) is 5.23. The van der Waals surface area contributed by atoms with Crippen LogP contribution in [0, 0.1) is 0 Å². The summed E-state index contributed by atoms with van der Waals surface area (Å²) in [5.74, 6) is -0.919. The van der Waals surface area contributed by atoms with E-state index < -0.39 is 11.8 Å². The summed E-state index contributed by atoms with van der Waals surface area (Å²) in [7, 11) is 1.58. The average molecular weight is 376 g/mol. The summed E-state index contributed by atoms with van der Waals surface area (Å²) in [5.41, 5.74) is 3.45. The molecule has 118 valence electrons. The lowest BCUT2D eigenvalue weighted by Crippen LogP contribution is -2.32. The fraction of sp³-hybridized carbons (Fsp3) is 0.0625. The lowest BCUT2D eigenvalue weighted by atomic mass is 10.2. The number of anilines is 1. The molecule has 0 heterocycles. The van der Waals surface area contributed by atoms with Crippen LogP contribution in [0.15, 0.2) is 58.1 Å². The first kappa shape index (κ1) is 16.7. The van der Waals surface area contributed by atoms with Gasteiger partial charge in [-0.15, -0.1) is 0 Å². The smallest absolute Gasteiger partial charge is 0.329 e. The van der Waals surface area contributed by atoms with Gasteiger partial charge in [0, 0.05) is 10.2 Å². The molecule has 0 aliphatic heterocycles. The topological polar surface area (TPSA) is 79.8 Å². The summed E-state index contributed by atoms with van der Waals surface area (Å²) >= 11 is 3.29. The van der Waals surface area contributed by atoms with Crippen LogP contribution < -0.4 is 15.5 Å². The molecule has 2 aromatic carbocycles. The van der Waals surface area contributed by atoms with E-state index in [0.717, 1.165) is 15.8 Å². The molecule has 0 aliphatic rings. The molecule has 0 saturated carbocycles. The molecule has 2 amide bonds. The highest BCUT2D eigenvalue weighted by atomic mass is 79.9. The van der Waals surface area contributed by atoms with E-state index in [0.29, 0.717) is 5.69 Å². The van der Waals surface area contributed by atoms with Gasteiger partial charge in [0.15, 0.2) is 0 Å². The third-order valence-corrected chi connectivity index (χ3v) is 3.33. The van der Waals surface area contributed by atoms with Gasteiger partial charge in [-0.2, -0.15) is 5.10 Å². The maximum Gasteiger partial charge on any atom is 0.329 e. The number of ether oxygens (including phenoxy) is 1. The first-order valence-corrected chi connectivity index (χ1v) is 7.42. The van der Waals surface area contributed by atoms with Gasteiger partial charge in [0.2, 0.25) is 0 Å². The number of nitrogens with zero attached hydrogens (tertiary/aromatic N) is 1. The van der Waals surface area contributed by atoms with E-state index in [1.165, 1.54) is 6.21 Å².